The Kier molecular flexibility index (Phi) is 5.93. The van der Waals surface area contributed by atoms with Crippen molar-refractivity contribution in [3.05, 3.63) is 66.0 Å². The number of amides is 2. The Morgan fingerprint density at radius 3 is 2.55 bits per heavy atom. The third-order valence-corrected chi connectivity index (χ3v) is 6.43. The van der Waals surface area contributed by atoms with E-state index in [1.54, 1.807) is 19.3 Å². The number of fused-ring (bicyclic) bond motifs is 1. The first kappa shape index (κ1) is 19.6. The Hall–Kier alpha value is -2.69. The normalized spacial score (nSPS) is 24.5. The number of carbonyl (C=O) groups excluding carboxylic acids is 2. The minimum Gasteiger partial charge on any atom is -0.338 e. The molecule has 0 radical (unpaired) electrons. The molecule has 3 atom stereocenters. The Morgan fingerprint density at radius 2 is 1.83 bits per heavy atom. The van der Waals surface area contributed by atoms with E-state index >= 15 is 0 Å². The van der Waals surface area contributed by atoms with Crippen LogP contribution in [0.5, 0.6) is 0 Å². The van der Waals surface area contributed by atoms with Gasteiger partial charge in [0.15, 0.2) is 0 Å². The number of piperidine rings is 1. The second-order valence-electron chi connectivity index (χ2n) is 8.20. The highest BCUT2D eigenvalue weighted by atomic mass is 16.2. The number of benzene rings is 1. The summed E-state index contributed by atoms with van der Waals surface area (Å²) in [6, 6.07) is 14.5. The molecule has 0 aliphatic carbocycles. The van der Waals surface area contributed by atoms with E-state index in [-0.39, 0.29) is 29.8 Å². The summed E-state index contributed by atoms with van der Waals surface area (Å²) in [6.07, 6.45) is 7.74. The van der Waals surface area contributed by atoms with Crippen molar-refractivity contribution >= 4 is 11.8 Å². The van der Waals surface area contributed by atoms with Crippen LogP contribution in [0.2, 0.25) is 0 Å². The van der Waals surface area contributed by atoms with Crippen LogP contribution in [0.25, 0.3) is 0 Å². The highest BCUT2D eigenvalue weighted by molar-refractivity contribution is 5.80. The molecule has 2 fully saturated rings. The molecule has 29 heavy (non-hydrogen) atoms. The van der Waals surface area contributed by atoms with E-state index in [1.807, 2.05) is 23.1 Å². The first-order chi connectivity index (χ1) is 14.1. The second-order valence-corrected chi connectivity index (χ2v) is 8.20. The van der Waals surface area contributed by atoms with Crippen LogP contribution in [0.4, 0.5) is 0 Å². The largest absolute Gasteiger partial charge is 0.338 e. The van der Waals surface area contributed by atoms with Crippen molar-refractivity contribution in [2.24, 2.45) is 0 Å². The number of nitrogens with zero attached hydrogens (tertiary/aromatic N) is 3. The quantitative estimate of drug-likeness (QED) is 0.806. The average molecular weight is 392 g/mol. The van der Waals surface area contributed by atoms with Crippen molar-refractivity contribution in [3.8, 4) is 0 Å². The molecular formula is C24H29N3O2. The van der Waals surface area contributed by atoms with Crippen LogP contribution in [0.1, 0.15) is 49.7 Å². The predicted molar refractivity (Wildman–Crippen MR) is 112 cm³/mol. The number of carbonyl (C=O) groups is 2. The first-order valence-corrected chi connectivity index (χ1v) is 10.7. The van der Waals surface area contributed by atoms with Crippen LogP contribution in [-0.4, -0.2) is 51.8 Å². The van der Waals surface area contributed by atoms with Crippen molar-refractivity contribution in [2.75, 3.05) is 13.1 Å². The van der Waals surface area contributed by atoms with Crippen molar-refractivity contribution in [2.45, 2.75) is 57.0 Å². The van der Waals surface area contributed by atoms with Gasteiger partial charge in [-0.2, -0.15) is 0 Å². The maximum atomic E-state index is 13.4. The molecule has 0 unspecified atom stereocenters. The van der Waals surface area contributed by atoms with Gasteiger partial charge in [0, 0.05) is 38.3 Å². The van der Waals surface area contributed by atoms with Crippen LogP contribution in [0.3, 0.4) is 0 Å². The lowest BCUT2D eigenvalue weighted by Crippen LogP contribution is -2.60. The molecule has 0 bridgehead atoms. The summed E-state index contributed by atoms with van der Waals surface area (Å²) in [6.45, 7) is 3.18. The van der Waals surface area contributed by atoms with Gasteiger partial charge in [0.2, 0.25) is 11.8 Å². The van der Waals surface area contributed by atoms with Gasteiger partial charge >= 0.3 is 0 Å². The summed E-state index contributed by atoms with van der Waals surface area (Å²) in [5, 5.41) is 0. The van der Waals surface area contributed by atoms with E-state index in [4.69, 9.17) is 0 Å². The van der Waals surface area contributed by atoms with Gasteiger partial charge in [0.1, 0.15) is 0 Å². The number of hydrogen-bond acceptors (Lipinski definition) is 3. The lowest BCUT2D eigenvalue weighted by molar-refractivity contribution is -0.142. The molecule has 5 heteroatoms. The molecule has 2 amide bonds. The Bertz CT molecular complexity index is 840. The molecule has 0 saturated carbocycles. The zero-order valence-electron chi connectivity index (χ0n) is 17.0. The molecule has 152 valence electrons. The maximum Gasteiger partial charge on any atom is 0.227 e. The molecule has 3 heterocycles. The lowest BCUT2D eigenvalue weighted by atomic mass is 9.78. The van der Waals surface area contributed by atoms with E-state index in [0.29, 0.717) is 6.42 Å². The summed E-state index contributed by atoms with van der Waals surface area (Å²) in [5.41, 5.74) is 2.21. The number of likely N-dealkylation sites (tertiary alicyclic amines) is 2. The molecule has 2 aliphatic heterocycles. The van der Waals surface area contributed by atoms with E-state index in [0.717, 1.165) is 44.3 Å². The topological polar surface area (TPSA) is 53.5 Å². The SMILES string of the molecule is CC(=O)N1CC[C@H](c2ccccc2)[C@@H]2[C@H]1CCCCN2C(=O)Cc1cccnc1. The fourth-order valence-electron chi connectivity index (χ4n) is 5.13. The zero-order valence-corrected chi connectivity index (χ0v) is 17.0. The third-order valence-electron chi connectivity index (χ3n) is 6.43. The molecule has 2 saturated heterocycles. The number of rotatable bonds is 3. The smallest absolute Gasteiger partial charge is 0.227 e. The predicted octanol–water partition coefficient (Wildman–Crippen LogP) is 3.41. The molecule has 0 spiro atoms. The molecule has 0 N–H and O–H groups in total. The first-order valence-electron chi connectivity index (χ1n) is 10.7. The van der Waals surface area contributed by atoms with Crippen LogP contribution in [-0.2, 0) is 16.0 Å². The van der Waals surface area contributed by atoms with Crippen molar-refractivity contribution in [3.63, 3.8) is 0 Å². The molecule has 2 aromatic rings. The van der Waals surface area contributed by atoms with E-state index in [9.17, 15) is 9.59 Å². The zero-order chi connectivity index (χ0) is 20.2. The highest BCUT2D eigenvalue weighted by Crippen LogP contribution is 2.39. The van der Waals surface area contributed by atoms with Crippen molar-refractivity contribution in [1.29, 1.82) is 0 Å². The third kappa shape index (κ3) is 4.19. The van der Waals surface area contributed by atoms with Gasteiger partial charge in [-0.25, -0.2) is 0 Å². The molecule has 2 aliphatic rings. The van der Waals surface area contributed by atoms with Crippen LogP contribution < -0.4 is 0 Å². The minimum absolute atomic E-state index is 0.0294. The lowest BCUT2D eigenvalue weighted by Gasteiger charge is -2.49. The minimum atomic E-state index is 0.0294. The second kappa shape index (κ2) is 8.76. The van der Waals surface area contributed by atoms with Crippen molar-refractivity contribution < 1.29 is 9.59 Å². The van der Waals surface area contributed by atoms with E-state index in [1.165, 1.54) is 5.56 Å². The average Bonchev–Trinajstić information content (AvgIpc) is 2.97. The van der Waals surface area contributed by atoms with Gasteiger partial charge in [-0.05, 0) is 42.9 Å². The number of hydrogen-bond donors (Lipinski definition) is 0. The van der Waals surface area contributed by atoms with E-state index in [2.05, 4.69) is 34.1 Å². The van der Waals surface area contributed by atoms with E-state index < -0.39 is 0 Å². The highest BCUT2D eigenvalue weighted by Gasteiger charge is 2.45. The van der Waals surface area contributed by atoms with Gasteiger partial charge in [-0.3, -0.25) is 14.6 Å². The van der Waals surface area contributed by atoms with Gasteiger partial charge in [0.25, 0.3) is 0 Å². The Morgan fingerprint density at radius 1 is 1.00 bits per heavy atom. The van der Waals surface area contributed by atoms with Gasteiger partial charge < -0.3 is 9.80 Å². The summed E-state index contributed by atoms with van der Waals surface area (Å²) in [7, 11) is 0. The summed E-state index contributed by atoms with van der Waals surface area (Å²) >= 11 is 0. The Labute approximate surface area is 172 Å². The standard InChI is InChI=1S/C24H29N3O2/c1-18(28)26-15-12-21(20-9-3-2-4-10-20)24-22(26)11-5-6-14-27(24)23(29)16-19-8-7-13-25-17-19/h2-4,7-10,13,17,21-22,24H,5-6,11-12,14-16H2,1H3/t21-,22-,24-/m1/s1. The summed E-state index contributed by atoms with van der Waals surface area (Å²) < 4.78 is 0. The molecule has 1 aromatic heterocycles. The fourth-order valence-corrected chi connectivity index (χ4v) is 5.13. The summed E-state index contributed by atoms with van der Waals surface area (Å²) in [4.78, 5) is 34.1. The van der Waals surface area contributed by atoms with Gasteiger partial charge in [0.05, 0.1) is 18.5 Å². The van der Waals surface area contributed by atoms with Crippen LogP contribution >= 0.6 is 0 Å². The number of pyridine rings is 1. The Balaban J connectivity index is 1.68. The molecule has 1 aromatic carbocycles. The van der Waals surface area contributed by atoms with Crippen LogP contribution in [0, 0.1) is 0 Å². The van der Waals surface area contributed by atoms with Crippen molar-refractivity contribution in [1.82, 2.24) is 14.8 Å². The molecular weight excluding hydrogens is 362 g/mol. The van der Waals surface area contributed by atoms with Crippen LogP contribution in [0.15, 0.2) is 54.9 Å². The number of aromatic nitrogens is 1. The van der Waals surface area contributed by atoms with Gasteiger partial charge in [-0.15, -0.1) is 0 Å². The monoisotopic (exact) mass is 391 g/mol. The molecule has 5 nitrogen and oxygen atoms in total. The molecule has 4 rings (SSSR count). The fraction of sp³-hybridized carbons (Fsp3) is 0.458. The van der Waals surface area contributed by atoms with Gasteiger partial charge in [-0.1, -0.05) is 36.4 Å². The summed E-state index contributed by atoms with van der Waals surface area (Å²) in [5.74, 6) is 0.516. The maximum absolute atomic E-state index is 13.4.